The van der Waals surface area contributed by atoms with E-state index in [-0.39, 0.29) is 11.3 Å². The van der Waals surface area contributed by atoms with Gasteiger partial charge in [-0.1, -0.05) is 0 Å². The summed E-state index contributed by atoms with van der Waals surface area (Å²) in [5.41, 5.74) is 0.0649. The highest BCUT2D eigenvalue weighted by Crippen LogP contribution is 2.32. The third-order valence-corrected chi connectivity index (χ3v) is 2.35. The van der Waals surface area contributed by atoms with Gasteiger partial charge in [-0.15, -0.1) is 0 Å². The largest absolute Gasteiger partial charge is 0.422 e. The lowest BCUT2D eigenvalue weighted by Gasteiger charge is -2.04. The second-order valence-electron chi connectivity index (χ2n) is 2.84. The molecule has 0 N–H and O–H groups in total. The molecule has 0 amide bonds. The van der Waals surface area contributed by atoms with Crippen LogP contribution in [0.3, 0.4) is 0 Å². The van der Waals surface area contributed by atoms with Crippen LogP contribution >= 0.6 is 15.9 Å². The molecule has 0 aromatic heterocycles. The minimum atomic E-state index is -4.46. The first-order chi connectivity index (χ1) is 7.30. The molecule has 0 heterocycles. The smallest absolute Gasteiger partial charge is 0.258 e. The van der Waals surface area contributed by atoms with Gasteiger partial charge in [-0.2, -0.15) is 13.2 Å². The van der Waals surface area contributed by atoms with Crippen LogP contribution in [0, 0.1) is 10.1 Å². The standard InChI is InChI=1S/C9H5BrF3NO2/c10-8(9(11,12)13)5-6-1-3-7(4-2-6)14(15)16/h1-5H/b8-5-. The summed E-state index contributed by atoms with van der Waals surface area (Å²) in [5.74, 6) is 0. The summed E-state index contributed by atoms with van der Waals surface area (Å²) >= 11 is 2.38. The summed E-state index contributed by atoms with van der Waals surface area (Å²) in [6, 6.07) is 4.77. The maximum Gasteiger partial charge on any atom is 0.422 e. The number of alkyl halides is 3. The Morgan fingerprint density at radius 1 is 1.31 bits per heavy atom. The monoisotopic (exact) mass is 295 g/mol. The van der Waals surface area contributed by atoms with Gasteiger partial charge in [0.25, 0.3) is 5.69 Å². The molecular weight excluding hydrogens is 291 g/mol. The summed E-state index contributed by atoms with van der Waals surface area (Å²) in [4.78, 5) is 9.68. The molecule has 0 aliphatic rings. The van der Waals surface area contributed by atoms with Crippen molar-refractivity contribution in [2.45, 2.75) is 6.18 Å². The zero-order chi connectivity index (χ0) is 12.3. The van der Waals surface area contributed by atoms with Gasteiger partial charge in [0.05, 0.1) is 9.41 Å². The van der Waals surface area contributed by atoms with Gasteiger partial charge in [0.2, 0.25) is 0 Å². The fourth-order valence-electron chi connectivity index (χ4n) is 0.920. The van der Waals surface area contributed by atoms with Crippen molar-refractivity contribution in [2.24, 2.45) is 0 Å². The molecule has 0 saturated heterocycles. The summed E-state index contributed by atoms with van der Waals surface area (Å²) in [5, 5.41) is 10.3. The molecule has 7 heteroatoms. The van der Waals surface area contributed by atoms with E-state index in [1.165, 1.54) is 12.1 Å². The average Bonchev–Trinajstić information content (AvgIpc) is 2.17. The first-order valence-corrected chi connectivity index (χ1v) is 4.79. The average molecular weight is 296 g/mol. The van der Waals surface area contributed by atoms with Crippen molar-refractivity contribution in [3.63, 3.8) is 0 Å². The van der Waals surface area contributed by atoms with E-state index < -0.39 is 15.6 Å². The molecule has 3 nitrogen and oxygen atoms in total. The molecule has 1 rings (SSSR count). The lowest BCUT2D eigenvalue weighted by Crippen LogP contribution is -2.06. The number of hydrogen-bond donors (Lipinski definition) is 0. The van der Waals surface area contributed by atoms with Gasteiger partial charge in [-0.05, 0) is 39.7 Å². The van der Waals surface area contributed by atoms with Crippen LogP contribution in [0.25, 0.3) is 6.08 Å². The minimum absolute atomic E-state index is 0.166. The highest BCUT2D eigenvalue weighted by Gasteiger charge is 2.31. The molecule has 0 saturated carbocycles. The second kappa shape index (κ2) is 4.65. The highest BCUT2D eigenvalue weighted by atomic mass is 79.9. The fraction of sp³-hybridized carbons (Fsp3) is 0.111. The van der Waals surface area contributed by atoms with Gasteiger partial charge < -0.3 is 0 Å². The third-order valence-electron chi connectivity index (χ3n) is 1.67. The van der Waals surface area contributed by atoms with Crippen LogP contribution in [0.2, 0.25) is 0 Å². The first-order valence-electron chi connectivity index (χ1n) is 3.99. The van der Waals surface area contributed by atoms with E-state index in [0.717, 1.165) is 18.2 Å². The Balaban J connectivity index is 2.96. The van der Waals surface area contributed by atoms with Gasteiger partial charge >= 0.3 is 6.18 Å². The van der Waals surface area contributed by atoms with Crippen molar-refractivity contribution < 1.29 is 18.1 Å². The SMILES string of the molecule is O=[N+]([O-])c1ccc(/C=C(\Br)C(F)(F)F)cc1. The summed E-state index contributed by atoms with van der Waals surface area (Å²) in [7, 11) is 0. The number of halogens is 4. The van der Waals surface area contributed by atoms with Crippen molar-refractivity contribution >= 4 is 27.7 Å². The van der Waals surface area contributed by atoms with Crippen LogP contribution in [-0.2, 0) is 0 Å². The molecule has 86 valence electrons. The molecule has 1 aromatic rings. The number of nitro benzene ring substituents is 1. The van der Waals surface area contributed by atoms with Crippen LogP contribution < -0.4 is 0 Å². The quantitative estimate of drug-likeness (QED) is 0.613. The zero-order valence-electron chi connectivity index (χ0n) is 7.66. The minimum Gasteiger partial charge on any atom is -0.258 e. The molecule has 1 aromatic carbocycles. The fourth-order valence-corrected chi connectivity index (χ4v) is 1.18. The number of rotatable bonds is 2. The Bertz CT molecular complexity index is 425. The van der Waals surface area contributed by atoms with E-state index in [4.69, 9.17) is 0 Å². The molecule has 0 aliphatic carbocycles. The highest BCUT2D eigenvalue weighted by molar-refractivity contribution is 9.11. The molecule has 0 atom stereocenters. The maximum atomic E-state index is 12.1. The number of nitrogens with zero attached hydrogens (tertiary/aromatic N) is 1. The van der Waals surface area contributed by atoms with Gasteiger partial charge in [0, 0.05) is 12.1 Å². The molecule has 16 heavy (non-hydrogen) atoms. The van der Waals surface area contributed by atoms with E-state index >= 15 is 0 Å². The van der Waals surface area contributed by atoms with Crippen LogP contribution in [0.5, 0.6) is 0 Å². The molecule has 0 aliphatic heterocycles. The molecule has 0 bridgehead atoms. The number of hydrogen-bond acceptors (Lipinski definition) is 2. The van der Waals surface area contributed by atoms with Crippen molar-refractivity contribution in [3.05, 3.63) is 44.4 Å². The van der Waals surface area contributed by atoms with Gasteiger partial charge in [-0.3, -0.25) is 10.1 Å². The third kappa shape index (κ3) is 3.34. The van der Waals surface area contributed by atoms with Crippen molar-refractivity contribution in [2.75, 3.05) is 0 Å². The molecule has 0 unspecified atom stereocenters. The van der Waals surface area contributed by atoms with Crippen LogP contribution in [0.15, 0.2) is 28.7 Å². The topological polar surface area (TPSA) is 43.1 Å². The van der Waals surface area contributed by atoms with Crippen molar-refractivity contribution in [1.29, 1.82) is 0 Å². The Morgan fingerprint density at radius 2 is 1.81 bits per heavy atom. The first kappa shape index (κ1) is 12.7. The summed E-state index contributed by atoms with van der Waals surface area (Å²) < 4.78 is 35.4. The van der Waals surface area contributed by atoms with Crippen molar-refractivity contribution in [3.8, 4) is 0 Å². The van der Waals surface area contributed by atoms with Crippen molar-refractivity contribution in [1.82, 2.24) is 0 Å². The van der Waals surface area contributed by atoms with Gasteiger partial charge in [0.1, 0.15) is 0 Å². The van der Waals surface area contributed by atoms with E-state index in [1.54, 1.807) is 0 Å². The number of benzene rings is 1. The van der Waals surface area contributed by atoms with Gasteiger partial charge in [0.15, 0.2) is 0 Å². The molecule has 0 spiro atoms. The molecule has 0 radical (unpaired) electrons. The molecular formula is C9H5BrF3NO2. The zero-order valence-corrected chi connectivity index (χ0v) is 9.25. The van der Waals surface area contributed by atoms with E-state index in [0.29, 0.717) is 0 Å². The van der Waals surface area contributed by atoms with Crippen LogP contribution in [0.4, 0.5) is 18.9 Å². The number of non-ortho nitro benzene ring substituents is 1. The Hall–Kier alpha value is -1.37. The van der Waals surface area contributed by atoms with E-state index in [2.05, 4.69) is 15.9 Å². The predicted octanol–water partition coefficient (Wildman–Crippen LogP) is 3.89. The Kier molecular flexibility index (Phi) is 3.69. The number of nitro groups is 1. The Morgan fingerprint density at radius 3 is 2.19 bits per heavy atom. The maximum absolute atomic E-state index is 12.1. The predicted molar refractivity (Wildman–Crippen MR) is 56.1 cm³/mol. The van der Waals surface area contributed by atoms with E-state index in [9.17, 15) is 23.3 Å². The van der Waals surface area contributed by atoms with Crippen LogP contribution in [0.1, 0.15) is 5.56 Å². The summed E-state index contributed by atoms with van der Waals surface area (Å²) in [6.45, 7) is 0. The number of allylic oxidation sites excluding steroid dienone is 1. The van der Waals surface area contributed by atoms with E-state index in [1.807, 2.05) is 0 Å². The lowest BCUT2D eigenvalue weighted by atomic mass is 10.2. The van der Waals surface area contributed by atoms with Crippen LogP contribution in [-0.4, -0.2) is 11.1 Å². The molecule has 0 fully saturated rings. The second-order valence-corrected chi connectivity index (χ2v) is 3.69. The Labute approximate surface area is 96.9 Å². The summed E-state index contributed by atoms with van der Waals surface area (Å²) in [6.07, 6.45) is -3.61. The normalized spacial score (nSPS) is 12.6. The van der Waals surface area contributed by atoms with Gasteiger partial charge in [-0.25, -0.2) is 0 Å². The lowest BCUT2D eigenvalue weighted by molar-refractivity contribution is -0.384.